The van der Waals surface area contributed by atoms with Crippen LogP contribution >= 0.6 is 0 Å². The first-order chi connectivity index (χ1) is 14.6. The molecule has 170 valence electrons. The number of halogens is 2. The third-order valence-electron chi connectivity index (χ3n) is 6.97. The molecule has 1 aliphatic carbocycles. The summed E-state index contributed by atoms with van der Waals surface area (Å²) in [5.74, 6) is -1.11. The van der Waals surface area contributed by atoms with E-state index in [-0.39, 0.29) is 11.5 Å². The van der Waals surface area contributed by atoms with E-state index in [0.29, 0.717) is 35.2 Å². The molecule has 3 aliphatic rings. The van der Waals surface area contributed by atoms with Crippen molar-refractivity contribution in [3.8, 4) is 0 Å². The molecule has 1 fully saturated rings. The summed E-state index contributed by atoms with van der Waals surface area (Å²) in [6.45, 7) is 11.0. The van der Waals surface area contributed by atoms with Gasteiger partial charge in [-0.15, -0.1) is 0 Å². The van der Waals surface area contributed by atoms with Crippen molar-refractivity contribution in [2.45, 2.75) is 78.7 Å². The molecular formula is C24H32F2N2O3. The van der Waals surface area contributed by atoms with E-state index in [1.54, 1.807) is 6.92 Å². The Morgan fingerprint density at radius 2 is 1.84 bits per heavy atom. The van der Waals surface area contributed by atoms with Crippen molar-refractivity contribution < 1.29 is 23.0 Å². The van der Waals surface area contributed by atoms with Gasteiger partial charge < -0.3 is 19.7 Å². The third kappa shape index (κ3) is 3.99. The summed E-state index contributed by atoms with van der Waals surface area (Å²) in [6.07, 6.45) is 3.19. The first-order valence-corrected chi connectivity index (χ1v) is 11.2. The molecule has 4 rings (SSSR count). The van der Waals surface area contributed by atoms with Gasteiger partial charge in [0.05, 0.1) is 11.4 Å². The molecule has 0 aromatic heterocycles. The maximum atomic E-state index is 13.9. The van der Waals surface area contributed by atoms with Crippen LogP contribution in [-0.4, -0.2) is 30.9 Å². The number of hydrogen-bond acceptors (Lipinski definition) is 5. The summed E-state index contributed by atoms with van der Waals surface area (Å²) in [4.78, 5) is 15.0. The highest BCUT2D eigenvalue weighted by atomic mass is 19.2. The summed E-state index contributed by atoms with van der Waals surface area (Å²) in [5, 5.41) is 3.18. The van der Waals surface area contributed by atoms with Gasteiger partial charge >= 0.3 is 5.97 Å². The smallest absolute Gasteiger partial charge is 0.340 e. The molecule has 2 heterocycles. The van der Waals surface area contributed by atoms with Crippen molar-refractivity contribution in [1.29, 1.82) is 0 Å². The number of rotatable bonds is 3. The minimum atomic E-state index is -0.930. The molecule has 0 bridgehead atoms. The molecule has 5 nitrogen and oxygen atoms in total. The molecule has 7 heteroatoms. The number of nitrogens with one attached hydrogen (secondary N) is 1. The van der Waals surface area contributed by atoms with Gasteiger partial charge in [0.15, 0.2) is 17.9 Å². The number of nitrogens with zero attached hydrogens (tertiary/aromatic N) is 1. The largest absolute Gasteiger partial charge is 0.472 e. The summed E-state index contributed by atoms with van der Waals surface area (Å²) in [5.41, 5.74) is 1.65. The third-order valence-corrected chi connectivity index (χ3v) is 6.97. The Bertz CT molecular complexity index is 901. The molecule has 0 unspecified atom stereocenters. The zero-order valence-corrected chi connectivity index (χ0v) is 18.9. The van der Waals surface area contributed by atoms with Crippen LogP contribution in [0.1, 0.15) is 60.3 Å². The number of carbonyl (C=O) groups excluding carboxylic acids is 1. The van der Waals surface area contributed by atoms with Gasteiger partial charge in [-0.3, -0.25) is 0 Å². The fraction of sp³-hybridized carbons (Fsp3) is 0.625. The van der Waals surface area contributed by atoms with Gasteiger partial charge in [0.25, 0.3) is 0 Å². The van der Waals surface area contributed by atoms with Crippen LogP contribution in [0.3, 0.4) is 0 Å². The van der Waals surface area contributed by atoms with E-state index in [9.17, 15) is 13.6 Å². The molecule has 0 saturated heterocycles. The van der Waals surface area contributed by atoms with Gasteiger partial charge in [0.2, 0.25) is 0 Å². The van der Waals surface area contributed by atoms with E-state index >= 15 is 0 Å². The molecule has 1 N–H and O–H groups in total. The zero-order valence-electron chi connectivity index (χ0n) is 18.9. The van der Waals surface area contributed by atoms with Gasteiger partial charge in [0.1, 0.15) is 23.5 Å². The average molecular weight is 435 g/mol. The Morgan fingerprint density at radius 1 is 1.19 bits per heavy atom. The normalized spacial score (nSPS) is 27.9. The predicted octanol–water partition coefficient (Wildman–Crippen LogP) is 5.36. The maximum Gasteiger partial charge on any atom is 0.340 e. The number of allylic oxidation sites excluding steroid dienone is 1. The van der Waals surface area contributed by atoms with E-state index in [2.05, 4.69) is 26.1 Å². The van der Waals surface area contributed by atoms with E-state index in [1.807, 2.05) is 11.8 Å². The topological polar surface area (TPSA) is 50.8 Å². The molecule has 1 saturated carbocycles. The Balaban J connectivity index is 1.50. The van der Waals surface area contributed by atoms with Crippen LogP contribution in [-0.2, 0) is 14.3 Å². The molecule has 2 aliphatic heterocycles. The van der Waals surface area contributed by atoms with Crippen molar-refractivity contribution in [1.82, 2.24) is 0 Å². The van der Waals surface area contributed by atoms with Crippen LogP contribution in [0.15, 0.2) is 23.5 Å². The monoisotopic (exact) mass is 434 g/mol. The number of hydrogen-bond donors (Lipinski definition) is 1. The van der Waals surface area contributed by atoms with Crippen LogP contribution < -0.4 is 10.2 Å². The lowest BCUT2D eigenvalue weighted by Crippen LogP contribution is -2.51. The predicted molar refractivity (Wildman–Crippen MR) is 116 cm³/mol. The Kier molecular flexibility index (Phi) is 5.64. The Labute approximate surface area is 182 Å². The maximum absolute atomic E-state index is 13.9. The number of ether oxygens (including phenoxy) is 2. The van der Waals surface area contributed by atoms with Crippen molar-refractivity contribution >= 4 is 17.3 Å². The number of benzene rings is 1. The minimum Gasteiger partial charge on any atom is -0.472 e. The summed E-state index contributed by atoms with van der Waals surface area (Å²) in [7, 11) is 0. The summed E-state index contributed by atoms with van der Waals surface area (Å²) >= 11 is 0. The van der Waals surface area contributed by atoms with Gasteiger partial charge in [-0.25, -0.2) is 13.6 Å². The number of esters is 1. The highest BCUT2D eigenvalue weighted by Crippen LogP contribution is 2.43. The molecule has 31 heavy (non-hydrogen) atoms. The standard InChI is InChI=1S/C24H32F2N2O3/c1-6-28-19-12-17(26)16(25)11-18(19)27-21-20(13(2)30-22(21)28)23(29)31-15-9-7-14(8-10-15)24(3,4)5/h11-12,14-15,21-22,27H,6-10H2,1-5H3/t14?,15?,21-,22-/m1/s1. The fourth-order valence-electron chi connectivity index (χ4n) is 5.14. The Hall–Kier alpha value is -2.31. The zero-order chi connectivity index (χ0) is 22.5. The second kappa shape index (κ2) is 7.99. The van der Waals surface area contributed by atoms with Crippen LogP contribution in [0.5, 0.6) is 0 Å². The first-order valence-electron chi connectivity index (χ1n) is 11.2. The van der Waals surface area contributed by atoms with E-state index < -0.39 is 29.9 Å². The summed E-state index contributed by atoms with van der Waals surface area (Å²) < 4.78 is 39.6. The number of carbonyl (C=O) groups is 1. The summed E-state index contributed by atoms with van der Waals surface area (Å²) in [6, 6.07) is 1.80. The van der Waals surface area contributed by atoms with Crippen molar-refractivity contribution in [3.05, 3.63) is 35.1 Å². The Morgan fingerprint density at radius 3 is 2.45 bits per heavy atom. The molecule has 2 atom stereocenters. The van der Waals surface area contributed by atoms with Crippen LogP contribution in [0.25, 0.3) is 0 Å². The van der Waals surface area contributed by atoms with Gasteiger partial charge in [-0.2, -0.15) is 0 Å². The van der Waals surface area contributed by atoms with E-state index in [1.165, 1.54) is 6.07 Å². The molecular weight excluding hydrogens is 402 g/mol. The highest BCUT2D eigenvalue weighted by molar-refractivity contribution is 5.93. The highest BCUT2D eigenvalue weighted by Gasteiger charge is 2.47. The number of likely N-dealkylation sites (N-methyl/N-ethyl adjacent to an activating group) is 1. The van der Waals surface area contributed by atoms with Gasteiger partial charge in [-0.1, -0.05) is 20.8 Å². The molecule has 0 spiro atoms. The second-order valence-electron chi connectivity index (χ2n) is 9.91. The van der Waals surface area contributed by atoms with Crippen LogP contribution in [0.4, 0.5) is 20.2 Å². The van der Waals surface area contributed by atoms with Crippen LogP contribution in [0, 0.1) is 23.0 Å². The molecule has 1 aromatic rings. The molecule has 1 aromatic carbocycles. The van der Waals surface area contributed by atoms with E-state index in [0.717, 1.165) is 31.7 Å². The molecule has 0 radical (unpaired) electrons. The van der Waals surface area contributed by atoms with E-state index in [4.69, 9.17) is 9.47 Å². The first kappa shape index (κ1) is 21.9. The quantitative estimate of drug-likeness (QED) is 0.649. The van der Waals surface area contributed by atoms with Gasteiger partial charge in [-0.05, 0) is 50.9 Å². The molecule has 0 amide bonds. The van der Waals surface area contributed by atoms with Crippen molar-refractivity contribution in [3.63, 3.8) is 0 Å². The lowest BCUT2D eigenvalue weighted by atomic mass is 9.72. The van der Waals surface area contributed by atoms with Crippen LogP contribution in [0.2, 0.25) is 0 Å². The van der Waals surface area contributed by atoms with Crippen molar-refractivity contribution in [2.75, 3.05) is 16.8 Å². The van der Waals surface area contributed by atoms with Gasteiger partial charge in [0, 0.05) is 18.7 Å². The van der Waals surface area contributed by atoms with Crippen molar-refractivity contribution in [2.24, 2.45) is 11.3 Å². The minimum absolute atomic E-state index is 0.102. The number of fused-ring (bicyclic) bond motifs is 2. The lowest BCUT2D eigenvalue weighted by molar-refractivity contribution is -0.146. The lowest BCUT2D eigenvalue weighted by Gasteiger charge is -2.40. The number of anilines is 2. The SMILES string of the molecule is CCN1c2cc(F)c(F)cc2N[C@@H]2C(C(=O)OC3CCC(C(C)(C)C)CC3)=C(C)O[C@H]21. The fourth-order valence-corrected chi connectivity index (χ4v) is 5.14. The second-order valence-corrected chi connectivity index (χ2v) is 9.91. The average Bonchev–Trinajstić information content (AvgIpc) is 3.02.